The molecule has 0 heterocycles. The lowest BCUT2D eigenvalue weighted by Gasteiger charge is -2.06. The maximum atomic E-state index is 10.4. The van der Waals surface area contributed by atoms with Gasteiger partial charge in [0.2, 0.25) is 0 Å². The van der Waals surface area contributed by atoms with E-state index in [0.29, 0.717) is 17.7 Å². The van der Waals surface area contributed by atoms with E-state index >= 15 is 0 Å². The first-order valence-corrected chi connectivity index (χ1v) is 4.58. The molecule has 1 aromatic rings. The molecule has 0 saturated heterocycles. The summed E-state index contributed by atoms with van der Waals surface area (Å²) in [4.78, 5) is 9.93. The van der Waals surface area contributed by atoms with Crippen molar-refractivity contribution in [2.24, 2.45) is 5.73 Å². The van der Waals surface area contributed by atoms with Gasteiger partial charge >= 0.3 is 0 Å². The molecule has 0 fully saturated rings. The molecule has 0 aliphatic carbocycles. The second-order valence-corrected chi connectivity index (χ2v) is 3.46. The van der Waals surface area contributed by atoms with Crippen molar-refractivity contribution >= 4 is 11.4 Å². The lowest BCUT2D eigenvalue weighted by atomic mass is 10.0. The van der Waals surface area contributed by atoms with Crippen LogP contribution in [-0.2, 0) is 0 Å². The Bertz CT molecular complexity index is 371. The lowest BCUT2D eigenvalue weighted by molar-refractivity contribution is -0.384. The van der Waals surface area contributed by atoms with Crippen molar-refractivity contribution in [2.45, 2.75) is 19.4 Å². The van der Waals surface area contributed by atoms with Crippen molar-refractivity contribution < 1.29 is 4.92 Å². The topological polar surface area (TPSA) is 93.0 Å². The van der Waals surface area contributed by atoms with Crippen LogP contribution in [0.4, 0.5) is 5.69 Å². The molecule has 0 spiro atoms. The highest BCUT2D eigenvalue weighted by atomic mass is 16.6. The van der Waals surface area contributed by atoms with Gasteiger partial charge in [0.25, 0.3) is 5.69 Å². The van der Waals surface area contributed by atoms with E-state index in [2.05, 4.69) is 0 Å². The molecule has 0 aromatic heterocycles. The number of nitro benzene ring substituents is 1. The summed E-state index contributed by atoms with van der Waals surface area (Å²) in [7, 11) is 0. The lowest BCUT2D eigenvalue weighted by Crippen LogP contribution is -2.19. The van der Waals surface area contributed by atoms with Gasteiger partial charge in [-0.05, 0) is 24.6 Å². The summed E-state index contributed by atoms with van der Waals surface area (Å²) in [6, 6.07) is 5.86. The molecule has 1 rings (SSSR count). The van der Waals surface area contributed by atoms with Gasteiger partial charge < -0.3 is 11.1 Å². The van der Waals surface area contributed by atoms with E-state index in [-0.39, 0.29) is 11.7 Å². The number of nitrogens with zero attached hydrogens (tertiary/aromatic N) is 1. The monoisotopic (exact) mass is 207 g/mol. The molecule has 5 heteroatoms. The third-order valence-corrected chi connectivity index (χ3v) is 1.95. The number of hydrogen-bond acceptors (Lipinski definition) is 4. The summed E-state index contributed by atoms with van der Waals surface area (Å²) >= 11 is 0. The van der Waals surface area contributed by atoms with Crippen LogP contribution in [0.2, 0.25) is 0 Å². The maximum Gasteiger partial charge on any atom is 0.269 e. The van der Waals surface area contributed by atoms with Crippen LogP contribution in [0.15, 0.2) is 24.3 Å². The van der Waals surface area contributed by atoms with Gasteiger partial charge in [-0.3, -0.25) is 10.1 Å². The highest BCUT2D eigenvalue weighted by Crippen LogP contribution is 2.13. The fraction of sp³-hybridized carbons (Fsp3) is 0.300. The zero-order valence-corrected chi connectivity index (χ0v) is 8.43. The van der Waals surface area contributed by atoms with Gasteiger partial charge in [-0.15, -0.1) is 0 Å². The third-order valence-electron chi connectivity index (χ3n) is 1.95. The number of nitrogens with two attached hydrogens (primary N) is 1. The molecule has 0 amide bonds. The first kappa shape index (κ1) is 11.3. The fourth-order valence-corrected chi connectivity index (χ4v) is 1.22. The SMILES string of the molecule is C[C@@H](N)CC(=N)c1ccc([N+](=O)[O-])cc1. The summed E-state index contributed by atoms with van der Waals surface area (Å²) < 4.78 is 0. The molecule has 1 aromatic carbocycles. The zero-order valence-electron chi connectivity index (χ0n) is 8.43. The molecule has 0 aliphatic heterocycles. The number of benzene rings is 1. The first-order valence-electron chi connectivity index (χ1n) is 4.58. The van der Waals surface area contributed by atoms with Crippen molar-refractivity contribution in [1.82, 2.24) is 0 Å². The highest BCUT2D eigenvalue weighted by Gasteiger charge is 2.07. The fourth-order valence-electron chi connectivity index (χ4n) is 1.22. The normalized spacial score (nSPS) is 12.1. The van der Waals surface area contributed by atoms with Crippen LogP contribution in [0.1, 0.15) is 18.9 Å². The van der Waals surface area contributed by atoms with Gasteiger partial charge in [0.05, 0.1) is 4.92 Å². The predicted octanol–water partition coefficient (Wildman–Crippen LogP) is 1.70. The maximum absolute atomic E-state index is 10.4. The van der Waals surface area contributed by atoms with Crippen LogP contribution in [0, 0.1) is 15.5 Å². The average molecular weight is 207 g/mol. The van der Waals surface area contributed by atoms with Crippen LogP contribution in [0.25, 0.3) is 0 Å². The molecule has 1 atom stereocenters. The second-order valence-electron chi connectivity index (χ2n) is 3.46. The minimum Gasteiger partial charge on any atom is -0.328 e. The molecule has 5 nitrogen and oxygen atoms in total. The molecule has 0 saturated carbocycles. The molecule has 0 bridgehead atoms. The molecule has 3 N–H and O–H groups in total. The summed E-state index contributed by atoms with van der Waals surface area (Å²) in [6.07, 6.45) is 0.470. The molecule has 15 heavy (non-hydrogen) atoms. The molecule has 0 radical (unpaired) electrons. The number of non-ortho nitro benzene ring substituents is 1. The minimum atomic E-state index is -0.459. The summed E-state index contributed by atoms with van der Waals surface area (Å²) in [5.74, 6) is 0. The third kappa shape index (κ3) is 3.14. The van der Waals surface area contributed by atoms with Gasteiger partial charge in [0.1, 0.15) is 0 Å². The van der Waals surface area contributed by atoms with Gasteiger partial charge in [0.15, 0.2) is 0 Å². The predicted molar refractivity (Wildman–Crippen MR) is 58.2 cm³/mol. The Hall–Kier alpha value is -1.75. The van der Waals surface area contributed by atoms with Gasteiger partial charge in [0, 0.05) is 30.3 Å². The van der Waals surface area contributed by atoms with Crippen LogP contribution < -0.4 is 5.73 Å². The van der Waals surface area contributed by atoms with E-state index in [1.807, 2.05) is 6.92 Å². The number of rotatable bonds is 4. The molecular formula is C10H13N3O2. The Balaban J connectivity index is 2.80. The summed E-state index contributed by atoms with van der Waals surface area (Å²) in [6.45, 7) is 1.82. The van der Waals surface area contributed by atoms with E-state index < -0.39 is 4.92 Å². The average Bonchev–Trinajstić information content (AvgIpc) is 2.17. The molecule has 0 aliphatic rings. The standard InChI is InChI=1S/C10H13N3O2/c1-7(11)6-10(12)8-2-4-9(5-3-8)13(14)15/h2-5,7,12H,6,11H2,1H3/t7-/m1/s1. The Morgan fingerprint density at radius 1 is 1.53 bits per heavy atom. The van der Waals surface area contributed by atoms with Crippen LogP contribution in [0.5, 0.6) is 0 Å². The summed E-state index contributed by atoms with van der Waals surface area (Å²) in [5.41, 5.74) is 6.68. The second kappa shape index (κ2) is 4.65. The van der Waals surface area contributed by atoms with Crippen molar-refractivity contribution in [1.29, 1.82) is 5.41 Å². The Kier molecular flexibility index (Phi) is 3.51. The largest absolute Gasteiger partial charge is 0.328 e. The molecule has 0 unspecified atom stereocenters. The Morgan fingerprint density at radius 3 is 2.47 bits per heavy atom. The number of nitro groups is 1. The quantitative estimate of drug-likeness (QED) is 0.447. The van der Waals surface area contributed by atoms with Gasteiger partial charge in [-0.2, -0.15) is 0 Å². The minimum absolute atomic E-state index is 0.0346. The number of nitrogens with one attached hydrogen (secondary N) is 1. The smallest absolute Gasteiger partial charge is 0.269 e. The molecular weight excluding hydrogens is 194 g/mol. The van der Waals surface area contributed by atoms with Crippen LogP contribution in [-0.4, -0.2) is 16.7 Å². The van der Waals surface area contributed by atoms with Crippen molar-refractivity contribution in [3.05, 3.63) is 39.9 Å². The molecule has 80 valence electrons. The summed E-state index contributed by atoms with van der Waals surface area (Å²) in [5, 5.41) is 18.1. The van der Waals surface area contributed by atoms with Crippen molar-refractivity contribution in [3.8, 4) is 0 Å². The van der Waals surface area contributed by atoms with Crippen LogP contribution >= 0.6 is 0 Å². The van der Waals surface area contributed by atoms with Crippen LogP contribution in [0.3, 0.4) is 0 Å². The van der Waals surface area contributed by atoms with E-state index in [0.717, 1.165) is 0 Å². The Labute approximate surface area is 87.6 Å². The van der Waals surface area contributed by atoms with E-state index in [1.165, 1.54) is 12.1 Å². The van der Waals surface area contributed by atoms with E-state index in [4.69, 9.17) is 11.1 Å². The highest BCUT2D eigenvalue weighted by molar-refractivity contribution is 5.98. The van der Waals surface area contributed by atoms with Gasteiger partial charge in [-0.1, -0.05) is 0 Å². The van der Waals surface area contributed by atoms with Gasteiger partial charge in [-0.25, -0.2) is 0 Å². The van der Waals surface area contributed by atoms with E-state index in [9.17, 15) is 10.1 Å². The Morgan fingerprint density at radius 2 is 2.07 bits per heavy atom. The van der Waals surface area contributed by atoms with Crippen molar-refractivity contribution in [2.75, 3.05) is 0 Å². The zero-order chi connectivity index (χ0) is 11.4. The number of hydrogen-bond donors (Lipinski definition) is 2. The first-order chi connectivity index (χ1) is 7.00. The van der Waals surface area contributed by atoms with E-state index in [1.54, 1.807) is 12.1 Å². The van der Waals surface area contributed by atoms with Crippen molar-refractivity contribution in [3.63, 3.8) is 0 Å².